The van der Waals surface area contributed by atoms with Crippen molar-refractivity contribution in [2.75, 3.05) is 45.6 Å². The van der Waals surface area contributed by atoms with E-state index in [2.05, 4.69) is 19.9 Å². The Balaban J connectivity index is 2.23. The summed E-state index contributed by atoms with van der Waals surface area (Å²) in [6, 6.07) is 0. The Kier molecular flexibility index (Phi) is 8.74. The van der Waals surface area contributed by atoms with Gasteiger partial charge in [-0.15, -0.1) is 0 Å². The molecule has 0 aromatic rings. The van der Waals surface area contributed by atoms with Crippen molar-refractivity contribution in [2.24, 2.45) is 4.99 Å². The largest absolute Gasteiger partial charge is 0.378 e. The zero-order valence-electron chi connectivity index (χ0n) is 14.0. The number of guanidine groups is 1. The maximum Gasteiger partial charge on any atom is 0.211 e. The van der Waals surface area contributed by atoms with Crippen LogP contribution < -0.4 is 10.0 Å². The second-order valence-corrected chi connectivity index (χ2v) is 7.36. The van der Waals surface area contributed by atoms with Gasteiger partial charge in [-0.05, 0) is 33.1 Å². The molecule has 0 radical (unpaired) electrons. The highest BCUT2D eigenvalue weighted by atomic mass is 32.2. The Morgan fingerprint density at radius 1 is 1.27 bits per heavy atom. The fourth-order valence-corrected chi connectivity index (χ4v) is 3.08. The molecule has 1 heterocycles. The Morgan fingerprint density at radius 3 is 2.50 bits per heavy atom. The number of sulfonamides is 1. The molecule has 1 saturated heterocycles. The number of piperidine rings is 1. The van der Waals surface area contributed by atoms with Gasteiger partial charge in [0.1, 0.15) is 0 Å². The first-order valence-corrected chi connectivity index (χ1v) is 9.72. The maximum atomic E-state index is 11.3. The number of aliphatic imine (C=N–C) groups is 1. The van der Waals surface area contributed by atoms with Gasteiger partial charge in [-0.1, -0.05) is 0 Å². The molecule has 2 N–H and O–H groups in total. The zero-order chi connectivity index (χ0) is 16.4. The first kappa shape index (κ1) is 19.2. The van der Waals surface area contributed by atoms with Crippen LogP contribution in [0.15, 0.2) is 4.99 Å². The van der Waals surface area contributed by atoms with Gasteiger partial charge in [0.2, 0.25) is 10.0 Å². The molecular formula is C14H30N4O3S. The minimum absolute atomic E-state index is 0.122. The van der Waals surface area contributed by atoms with Crippen molar-refractivity contribution in [3.05, 3.63) is 0 Å². The van der Waals surface area contributed by atoms with Crippen LogP contribution in [0.5, 0.6) is 0 Å². The van der Waals surface area contributed by atoms with Crippen molar-refractivity contribution in [3.8, 4) is 0 Å². The van der Waals surface area contributed by atoms with E-state index in [0.717, 1.165) is 44.9 Å². The Bertz CT molecular complexity index is 431. The fourth-order valence-electron chi connectivity index (χ4n) is 2.42. The number of nitrogens with zero attached hydrogens (tertiary/aromatic N) is 2. The van der Waals surface area contributed by atoms with E-state index >= 15 is 0 Å². The summed E-state index contributed by atoms with van der Waals surface area (Å²) in [6.45, 7) is 7.45. The van der Waals surface area contributed by atoms with Crippen LogP contribution in [0.25, 0.3) is 0 Å². The molecule has 0 saturated carbocycles. The molecule has 0 bridgehead atoms. The first-order valence-electron chi connectivity index (χ1n) is 8.07. The third-order valence-electron chi connectivity index (χ3n) is 3.69. The average Bonchev–Trinajstić information content (AvgIpc) is 2.52. The molecule has 8 heteroatoms. The van der Waals surface area contributed by atoms with Gasteiger partial charge >= 0.3 is 0 Å². The number of ether oxygens (including phenoxy) is 1. The second kappa shape index (κ2) is 10.0. The number of nitrogens with one attached hydrogen (secondary N) is 2. The van der Waals surface area contributed by atoms with Crippen LogP contribution in [-0.2, 0) is 14.8 Å². The van der Waals surface area contributed by atoms with Crippen LogP contribution >= 0.6 is 0 Å². The Labute approximate surface area is 134 Å². The highest BCUT2D eigenvalue weighted by Gasteiger charge is 2.21. The molecule has 1 rings (SSSR count). The lowest BCUT2D eigenvalue weighted by Crippen LogP contribution is -2.47. The van der Waals surface area contributed by atoms with E-state index in [-0.39, 0.29) is 5.75 Å². The number of rotatable bonds is 8. The predicted octanol–water partition coefficient (Wildman–Crippen LogP) is 0.392. The molecule has 0 atom stereocenters. The van der Waals surface area contributed by atoms with Crippen molar-refractivity contribution in [2.45, 2.75) is 39.2 Å². The van der Waals surface area contributed by atoms with E-state index in [9.17, 15) is 8.42 Å². The van der Waals surface area contributed by atoms with Gasteiger partial charge in [-0.2, -0.15) is 0 Å². The minimum atomic E-state index is -3.09. The highest BCUT2D eigenvalue weighted by molar-refractivity contribution is 7.89. The van der Waals surface area contributed by atoms with Crippen molar-refractivity contribution < 1.29 is 13.2 Å². The summed E-state index contributed by atoms with van der Waals surface area (Å²) in [7, 11) is -1.32. The standard InChI is InChI=1S/C14H30N4O3S/c1-4-21-13-7-11-18(12-8-13)14(15-3)16-9-6-10-17-22(19,20)5-2/h13,17H,4-12H2,1-3H3,(H,15,16). The summed E-state index contributed by atoms with van der Waals surface area (Å²) >= 11 is 0. The van der Waals surface area contributed by atoms with Crippen LogP contribution in [0.1, 0.15) is 33.1 Å². The number of likely N-dealkylation sites (tertiary alicyclic amines) is 1. The smallest absolute Gasteiger partial charge is 0.211 e. The summed E-state index contributed by atoms with van der Waals surface area (Å²) < 4.78 is 30.8. The summed E-state index contributed by atoms with van der Waals surface area (Å²) in [5.74, 6) is 1.00. The van der Waals surface area contributed by atoms with Crippen LogP contribution in [0.2, 0.25) is 0 Å². The van der Waals surface area contributed by atoms with Gasteiger partial charge in [-0.3, -0.25) is 4.99 Å². The molecule has 0 amide bonds. The molecule has 22 heavy (non-hydrogen) atoms. The second-order valence-electron chi connectivity index (χ2n) is 5.27. The quantitative estimate of drug-likeness (QED) is 0.381. The lowest BCUT2D eigenvalue weighted by molar-refractivity contribution is 0.0264. The SMILES string of the molecule is CCOC1CCN(C(=NC)NCCCNS(=O)(=O)CC)CC1. The topological polar surface area (TPSA) is 83.0 Å². The first-order chi connectivity index (χ1) is 10.5. The number of hydrogen-bond acceptors (Lipinski definition) is 4. The third-order valence-corrected chi connectivity index (χ3v) is 5.10. The van der Waals surface area contributed by atoms with Gasteiger partial charge in [0.05, 0.1) is 11.9 Å². The third kappa shape index (κ3) is 6.93. The monoisotopic (exact) mass is 334 g/mol. The molecule has 0 spiro atoms. The summed E-state index contributed by atoms with van der Waals surface area (Å²) in [5.41, 5.74) is 0. The van der Waals surface area contributed by atoms with Gasteiger partial charge in [0.15, 0.2) is 5.96 Å². The van der Waals surface area contributed by atoms with Crippen LogP contribution in [0, 0.1) is 0 Å². The van der Waals surface area contributed by atoms with Gasteiger partial charge in [0.25, 0.3) is 0 Å². The van der Waals surface area contributed by atoms with Crippen LogP contribution in [-0.4, -0.2) is 71.0 Å². The summed E-state index contributed by atoms with van der Waals surface area (Å²) in [6.07, 6.45) is 3.13. The normalized spacial score (nSPS) is 17.8. The van der Waals surface area contributed by atoms with Gasteiger partial charge in [0, 0.05) is 39.8 Å². The molecule has 1 fully saturated rings. The van der Waals surface area contributed by atoms with E-state index in [1.165, 1.54) is 0 Å². The highest BCUT2D eigenvalue weighted by Crippen LogP contribution is 2.13. The Morgan fingerprint density at radius 2 is 1.95 bits per heavy atom. The zero-order valence-corrected chi connectivity index (χ0v) is 14.8. The van der Waals surface area contributed by atoms with Gasteiger partial charge in [-0.25, -0.2) is 13.1 Å². The van der Waals surface area contributed by atoms with E-state index in [1.54, 1.807) is 14.0 Å². The van der Waals surface area contributed by atoms with E-state index in [4.69, 9.17) is 4.74 Å². The van der Waals surface area contributed by atoms with E-state index in [0.29, 0.717) is 19.2 Å². The van der Waals surface area contributed by atoms with Gasteiger partial charge < -0.3 is 15.0 Å². The lowest BCUT2D eigenvalue weighted by Gasteiger charge is -2.34. The minimum Gasteiger partial charge on any atom is -0.378 e. The van der Waals surface area contributed by atoms with Crippen molar-refractivity contribution in [3.63, 3.8) is 0 Å². The van der Waals surface area contributed by atoms with Crippen molar-refractivity contribution in [1.82, 2.24) is 14.9 Å². The predicted molar refractivity (Wildman–Crippen MR) is 89.7 cm³/mol. The van der Waals surface area contributed by atoms with Crippen molar-refractivity contribution in [1.29, 1.82) is 0 Å². The average molecular weight is 334 g/mol. The van der Waals surface area contributed by atoms with E-state index in [1.807, 2.05) is 6.92 Å². The molecule has 0 unspecified atom stereocenters. The molecule has 0 aliphatic carbocycles. The molecule has 0 aromatic heterocycles. The lowest BCUT2D eigenvalue weighted by atomic mass is 10.1. The molecular weight excluding hydrogens is 304 g/mol. The molecule has 1 aliphatic heterocycles. The van der Waals surface area contributed by atoms with Crippen LogP contribution in [0.4, 0.5) is 0 Å². The summed E-state index contributed by atoms with van der Waals surface area (Å²) in [4.78, 5) is 6.53. The molecule has 130 valence electrons. The molecule has 1 aliphatic rings. The fraction of sp³-hybridized carbons (Fsp3) is 0.929. The molecule has 0 aromatic carbocycles. The number of hydrogen-bond donors (Lipinski definition) is 2. The summed E-state index contributed by atoms with van der Waals surface area (Å²) in [5, 5.41) is 3.29. The van der Waals surface area contributed by atoms with Crippen molar-refractivity contribution >= 4 is 16.0 Å². The maximum absolute atomic E-state index is 11.3. The van der Waals surface area contributed by atoms with Crippen LogP contribution in [0.3, 0.4) is 0 Å². The Hall–Kier alpha value is -0.860. The van der Waals surface area contributed by atoms with E-state index < -0.39 is 10.0 Å². The molecule has 7 nitrogen and oxygen atoms in total.